The molecule has 2 aromatic rings. The number of nitrogens with zero attached hydrogens (tertiary/aromatic N) is 2. The van der Waals surface area contributed by atoms with Gasteiger partial charge >= 0.3 is 0 Å². The van der Waals surface area contributed by atoms with Crippen LogP contribution in [-0.4, -0.2) is 30.0 Å². The molecule has 1 aliphatic heterocycles. The highest BCUT2D eigenvalue weighted by Crippen LogP contribution is 2.21. The molecule has 1 fully saturated rings. The number of carbonyl (C=O) groups is 1. The number of rotatable bonds is 3. The third kappa shape index (κ3) is 4.07. The SMILES string of the molecule is O=C(NC1CCN(c2cccc(F)c2)CC1)c1cncc(Br)c1. The number of aromatic nitrogens is 1. The maximum Gasteiger partial charge on any atom is 0.253 e. The summed E-state index contributed by atoms with van der Waals surface area (Å²) in [5.41, 5.74) is 1.44. The number of piperidine rings is 1. The Balaban J connectivity index is 1.56. The average Bonchev–Trinajstić information content (AvgIpc) is 2.55. The number of benzene rings is 1. The second-order valence-electron chi connectivity index (χ2n) is 5.61. The number of carbonyl (C=O) groups excluding carboxylic acids is 1. The van der Waals surface area contributed by atoms with E-state index < -0.39 is 0 Å². The molecule has 2 heterocycles. The average molecular weight is 378 g/mol. The normalized spacial score (nSPS) is 15.5. The van der Waals surface area contributed by atoms with Crippen molar-refractivity contribution in [2.45, 2.75) is 18.9 Å². The summed E-state index contributed by atoms with van der Waals surface area (Å²) in [5.74, 6) is -0.330. The van der Waals surface area contributed by atoms with Crippen LogP contribution in [0.2, 0.25) is 0 Å². The zero-order chi connectivity index (χ0) is 16.2. The Morgan fingerprint density at radius 2 is 2.04 bits per heavy atom. The molecule has 1 aliphatic rings. The molecule has 1 aromatic heterocycles. The van der Waals surface area contributed by atoms with E-state index in [0.29, 0.717) is 5.56 Å². The summed E-state index contributed by atoms with van der Waals surface area (Å²) in [6.45, 7) is 1.59. The molecule has 6 heteroatoms. The molecule has 0 aliphatic carbocycles. The van der Waals surface area contributed by atoms with Gasteiger partial charge in [0.25, 0.3) is 5.91 Å². The summed E-state index contributed by atoms with van der Waals surface area (Å²) < 4.78 is 14.1. The lowest BCUT2D eigenvalue weighted by Crippen LogP contribution is -2.44. The monoisotopic (exact) mass is 377 g/mol. The van der Waals surface area contributed by atoms with Crippen molar-refractivity contribution in [1.82, 2.24) is 10.3 Å². The zero-order valence-electron chi connectivity index (χ0n) is 12.5. The van der Waals surface area contributed by atoms with Crippen molar-refractivity contribution >= 4 is 27.5 Å². The highest BCUT2D eigenvalue weighted by atomic mass is 79.9. The Bertz CT molecular complexity index is 702. The summed E-state index contributed by atoms with van der Waals surface area (Å²) in [7, 11) is 0. The van der Waals surface area contributed by atoms with Gasteiger partial charge in [0.15, 0.2) is 0 Å². The highest BCUT2D eigenvalue weighted by molar-refractivity contribution is 9.10. The van der Waals surface area contributed by atoms with Gasteiger partial charge in [0, 0.05) is 41.7 Å². The van der Waals surface area contributed by atoms with E-state index >= 15 is 0 Å². The van der Waals surface area contributed by atoms with E-state index in [1.54, 1.807) is 30.6 Å². The van der Waals surface area contributed by atoms with E-state index in [-0.39, 0.29) is 17.8 Å². The van der Waals surface area contributed by atoms with Crippen LogP contribution in [0.4, 0.5) is 10.1 Å². The van der Waals surface area contributed by atoms with Gasteiger partial charge in [-0.15, -0.1) is 0 Å². The van der Waals surface area contributed by atoms with Crippen LogP contribution in [0.5, 0.6) is 0 Å². The minimum absolute atomic E-state index is 0.108. The lowest BCUT2D eigenvalue weighted by molar-refractivity contribution is 0.0930. The number of amides is 1. The van der Waals surface area contributed by atoms with E-state index in [1.165, 1.54) is 6.07 Å². The fraction of sp³-hybridized carbons (Fsp3) is 0.294. The second kappa shape index (κ2) is 7.08. The fourth-order valence-electron chi connectivity index (χ4n) is 2.76. The van der Waals surface area contributed by atoms with E-state index in [2.05, 4.69) is 31.1 Å². The minimum atomic E-state index is -0.222. The van der Waals surface area contributed by atoms with Crippen molar-refractivity contribution in [2.24, 2.45) is 0 Å². The van der Waals surface area contributed by atoms with E-state index in [0.717, 1.165) is 36.1 Å². The summed E-state index contributed by atoms with van der Waals surface area (Å²) in [5, 5.41) is 3.05. The molecule has 0 spiro atoms. The molecule has 0 atom stereocenters. The molecule has 23 heavy (non-hydrogen) atoms. The van der Waals surface area contributed by atoms with Gasteiger partial charge < -0.3 is 10.2 Å². The number of hydrogen-bond donors (Lipinski definition) is 1. The van der Waals surface area contributed by atoms with Crippen LogP contribution in [0.1, 0.15) is 23.2 Å². The number of hydrogen-bond acceptors (Lipinski definition) is 3. The Morgan fingerprint density at radius 1 is 1.26 bits per heavy atom. The second-order valence-corrected chi connectivity index (χ2v) is 6.52. The van der Waals surface area contributed by atoms with Crippen LogP contribution in [0, 0.1) is 5.82 Å². The van der Waals surface area contributed by atoms with Gasteiger partial charge in [-0.1, -0.05) is 6.07 Å². The van der Waals surface area contributed by atoms with Crippen molar-refractivity contribution in [2.75, 3.05) is 18.0 Å². The standard InChI is InChI=1S/C17H17BrFN3O/c18-13-8-12(10-20-11-13)17(23)21-15-4-6-22(7-5-15)16-3-1-2-14(19)9-16/h1-3,8-11,15H,4-7H2,(H,21,23). The van der Waals surface area contributed by atoms with Gasteiger partial charge in [-0.3, -0.25) is 9.78 Å². The molecule has 120 valence electrons. The largest absolute Gasteiger partial charge is 0.371 e. The highest BCUT2D eigenvalue weighted by Gasteiger charge is 2.21. The molecule has 1 amide bonds. The smallest absolute Gasteiger partial charge is 0.253 e. The van der Waals surface area contributed by atoms with Gasteiger partial charge in [0.1, 0.15) is 5.82 Å². The third-order valence-corrected chi connectivity index (χ3v) is 4.40. The quantitative estimate of drug-likeness (QED) is 0.891. The van der Waals surface area contributed by atoms with Crippen LogP contribution >= 0.6 is 15.9 Å². The molecule has 0 radical (unpaired) electrons. The van der Waals surface area contributed by atoms with Gasteiger partial charge in [0.05, 0.1) is 5.56 Å². The van der Waals surface area contributed by atoms with Gasteiger partial charge in [0.2, 0.25) is 0 Å². The van der Waals surface area contributed by atoms with E-state index in [9.17, 15) is 9.18 Å². The first-order valence-corrected chi connectivity index (χ1v) is 8.33. The fourth-order valence-corrected chi connectivity index (χ4v) is 3.12. The van der Waals surface area contributed by atoms with Crippen molar-refractivity contribution in [3.63, 3.8) is 0 Å². The summed E-state index contributed by atoms with van der Waals surface area (Å²) in [4.78, 5) is 18.4. The molecular formula is C17H17BrFN3O. The maximum atomic E-state index is 13.3. The van der Waals surface area contributed by atoms with Crippen molar-refractivity contribution in [3.8, 4) is 0 Å². The molecule has 1 N–H and O–H groups in total. The van der Waals surface area contributed by atoms with Crippen LogP contribution in [0.3, 0.4) is 0 Å². The Morgan fingerprint density at radius 3 is 2.74 bits per heavy atom. The van der Waals surface area contributed by atoms with Crippen molar-refractivity contribution in [3.05, 3.63) is 58.6 Å². The molecule has 0 unspecified atom stereocenters. The van der Waals surface area contributed by atoms with Crippen LogP contribution in [0.15, 0.2) is 47.2 Å². The van der Waals surface area contributed by atoms with Gasteiger partial charge in [-0.2, -0.15) is 0 Å². The first kappa shape index (κ1) is 15.9. The maximum absolute atomic E-state index is 13.3. The predicted molar refractivity (Wildman–Crippen MR) is 91.0 cm³/mol. The van der Waals surface area contributed by atoms with Crippen molar-refractivity contribution in [1.29, 1.82) is 0 Å². The van der Waals surface area contributed by atoms with E-state index in [1.807, 2.05) is 6.07 Å². The predicted octanol–water partition coefficient (Wildman–Crippen LogP) is 3.38. The molecule has 3 rings (SSSR count). The lowest BCUT2D eigenvalue weighted by atomic mass is 10.0. The Kier molecular flexibility index (Phi) is 4.91. The van der Waals surface area contributed by atoms with E-state index in [4.69, 9.17) is 0 Å². The van der Waals surface area contributed by atoms with Gasteiger partial charge in [-0.25, -0.2) is 4.39 Å². The number of nitrogens with one attached hydrogen (secondary N) is 1. The molecule has 1 aromatic carbocycles. The first-order valence-electron chi connectivity index (χ1n) is 7.54. The summed E-state index contributed by atoms with van der Waals surface area (Å²) >= 11 is 3.32. The summed E-state index contributed by atoms with van der Waals surface area (Å²) in [6.07, 6.45) is 4.88. The topological polar surface area (TPSA) is 45.2 Å². The van der Waals surface area contributed by atoms with Crippen molar-refractivity contribution < 1.29 is 9.18 Å². The summed E-state index contributed by atoms with van der Waals surface area (Å²) in [6, 6.07) is 8.51. The Labute approximate surface area is 142 Å². The zero-order valence-corrected chi connectivity index (χ0v) is 14.1. The molecular weight excluding hydrogens is 361 g/mol. The molecule has 0 bridgehead atoms. The number of anilines is 1. The molecule has 1 saturated heterocycles. The van der Waals surface area contributed by atoms with Crippen LogP contribution in [-0.2, 0) is 0 Å². The van der Waals surface area contributed by atoms with Gasteiger partial charge in [-0.05, 0) is 53.0 Å². The number of pyridine rings is 1. The first-order chi connectivity index (χ1) is 11.1. The molecule has 0 saturated carbocycles. The number of halogens is 2. The molecule has 4 nitrogen and oxygen atoms in total. The lowest BCUT2D eigenvalue weighted by Gasteiger charge is -2.34. The minimum Gasteiger partial charge on any atom is -0.371 e. The van der Waals surface area contributed by atoms with Crippen LogP contribution in [0.25, 0.3) is 0 Å². The Hall–Kier alpha value is -1.95. The van der Waals surface area contributed by atoms with Crippen LogP contribution < -0.4 is 10.2 Å². The third-order valence-electron chi connectivity index (χ3n) is 3.97.